The second-order valence-electron chi connectivity index (χ2n) is 10.2. The van der Waals surface area contributed by atoms with Crippen molar-refractivity contribution in [2.75, 3.05) is 0 Å². The predicted octanol–water partition coefficient (Wildman–Crippen LogP) is 7.94. The first-order chi connectivity index (χ1) is 15.7. The van der Waals surface area contributed by atoms with Crippen molar-refractivity contribution in [2.45, 2.75) is 116 Å². The summed E-state index contributed by atoms with van der Waals surface area (Å²) in [5, 5.41) is 20.5. The third kappa shape index (κ3) is 8.37. The minimum Gasteiger partial charge on any atom is -0.393 e. The van der Waals surface area contributed by atoms with Gasteiger partial charge in [-0.15, -0.1) is 0 Å². The lowest BCUT2D eigenvalue weighted by Crippen LogP contribution is -2.24. The van der Waals surface area contributed by atoms with Crippen LogP contribution in [0, 0.1) is 11.8 Å². The van der Waals surface area contributed by atoms with Crippen LogP contribution in [-0.4, -0.2) is 28.1 Å². The van der Waals surface area contributed by atoms with E-state index in [4.69, 9.17) is 0 Å². The van der Waals surface area contributed by atoms with Crippen molar-refractivity contribution in [3.63, 3.8) is 0 Å². The second-order valence-corrected chi connectivity index (χ2v) is 10.2. The van der Waals surface area contributed by atoms with E-state index in [2.05, 4.69) is 38.7 Å². The van der Waals surface area contributed by atoms with E-state index in [1.165, 1.54) is 30.4 Å². The number of allylic oxidation sites excluding steroid dienone is 7. The van der Waals surface area contributed by atoms with Gasteiger partial charge >= 0.3 is 0 Å². The molecular weight excluding hydrogens is 411 g/mol. The first-order valence-corrected chi connectivity index (χ1v) is 13.2. The Kier molecular flexibility index (Phi) is 11.3. The third-order valence-electron chi connectivity index (χ3n) is 7.74. The molecule has 0 spiro atoms. The van der Waals surface area contributed by atoms with Gasteiger partial charge in [-0.2, -0.15) is 0 Å². The van der Waals surface area contributed by atoms with Gasteiger partial charge in [0.1, 0.15) is 6.17 Å². The zero-order chi connectivity index (χ0) is 24.4. The van der Waals surface area contributed by atoms with Crippen LogP contribution < -0.4 is 0 Å². The summed E-state index contributed by atoms with van der Waals surface area (Å²) in [4.78, 5) is 0. The SMILES string of the molecule is C=C1/C(=C\C=C(/CCCCC)C2CC=C([C@@H](C)C/C=C/C(O)(CC)CC)C2)C[C@@H](O)C[C@@H]1F. The van der Waals surface area contributed by atoms with Crippen molar-refractivity contribution < 1.29 is 14.6 Å². The molecule has 2 rings (SSSR count). The first kappa shape index (κ1) is 27.8. The number of aliphatic hydroxyl groups excluding tert-OH is 1. The maximum atomic E-state index is 14.2. The Labute approximate surface area is 202 Å². The molecule has 0 aliphatic heterocycles. The van der Waals surface area contributed by atoms with Crippen LogP contribution in [0.1, 0.15) is 98.3 Å². The predicted molar refractivity (Wildman–Crippen MR) is 139 cm³/mol. The van der Waals surface area contributed by atoms with E-state index in [9.17, 15) is 14.6 Å². The summed E-state index contributed by atoms with van der Waals surface area (Å²) in [6, 6.07) is 0. The normalized spacial score (nSPS) is 26.9. The van der Waals surface area contributed by atoms with Crippen LogP contribution in [0.15, 0.2) is 59.3 Å². The molecule has 2 N–H and O–H groups in total. The molecule has 0 amide bonds. The van der Waals surface area contributed by atoms with E-state index in [0.29, 0.717) is 23.8 Å². The summed E-state index contributed by atoms with van der Waals surface area (Å²) in [7, 11) is 0. The molecule has 2 aliphatic carbocycles. The van der Waals surface area contributed by atoms with Crippen LogP contribution in [0.4, 0.5) is 4.39 Å². The van der Waals surface area contributed by atoms with Crippen molar-refractivity contribution >= 4 is 0 Å². The topological polar surface area (TPSA) is 40.5 Å². The number of unbranched alkanes of at least 4 members (excludes halogenated alkanes) is 2. The molecular formula is C30H47FO2. The summed E-state index contributed by atoms with van der Waals surface area (Å²) in [5.41, 5.74) is 3.67. The zero-order valence-corrected chi connectivity index (χ0v) is 21.5. The van der Waals surface area contributed by atoms with E-state index in [-0.39, 0.29) is 6.42 Å². The maximum absolute atomic E-state index is 14.2. The smallest absolute Gasteiger partial charge is 0.127 e. The van der Waals surface area contributed by atoms with Gasteiger partial charge in [-0.25, -0.2) is 4.39 Å². The summed E-state index contributed by atoms with van der Waals surface area (Å²) >= 11 is 0. The van der Waals surface area contributed by atoms with Crippen LogP contribution in [0.5, 0.6) is 0 Å². The van der Waals surface area contributed by atoms with Gasteiger partial charge in [0.2, 0.25) is 0 Å². The van der Waals surface area contributed by atoms with Crippen LogP contribution in [0.25, 0.3) is 0 Å². The molecule has 3 heteroatoms. The van der Waals surface area contributed by atoms with E-state index in [1.807, 2.05) is 26.0 Å². The fourth-order valence-electron chi connectivity index (χ4n) is 4.99. The molecule has 0 heterocycles. The van der Waals surface area contributed by atoms with Gasteiger partial charge in [0.25, 0.3) is 0 Å². The average molecular weight is 459 g/mol. The average Bonchev–Trinajstić information content (AvgIpc) is 3.29. The van der Waals surface area contributed by atoms with Crippen molar-refractivity contribution in [2.24, 2.45) is 11.8 Å². The van der Waals surface area contributed by atoms with Crippen LogP contribution in [-0.2, 0) is 0 Å². The number of aliphatic hydroxyl groups is 2. The molecule has 0 bridgehead atoms. The number of hydrogen-bond acceptors (Lipinski definition) is 2. The molecule has 0 radical (unpaired) electrons. The standard InChI is InChI=1S/C30H47FO2/c1-6-9-10-13-24(14-16-26-20-28(32)21-29(31)23(26)5)27-17-15-25(19-27)22(4)12-11-18-30(33,7-2)8-3/h11,14-16,18,22,27-29,32-33H,5-10,12-13,17,19-21H2,1-4H3/b18-11+,24-14+,26-16-/t22-,27?,28+,29-/m0/s1. The Hall–Kier alpha value is -1.45. The quantitative estimate of drug-likeness (QED) is 0.230. The number of halogens is 1. The highest BCUT2D eigenvalue weighted by molar-refractivity contribution is 5.38. The highest BCUT2D eigenvalue weighted by Gasteiger charge is 2.27. The van der Waals surface area contributed by atoms with Gasteiger partial charge in [-0.3, -0.25) is 0 Å². The first-order valence-electron chi connectivity index (χ1n) is 13.2. The monoisotopic (exact) mass is 458 g/mol. The minimum absolute atomic E-state index is 0.166. The van der Waals surface area contributed by atoms with Gasteiger partial charge in [-0.05, 0) is 74.3 Å². The van der Waals surface area contributed by atoms with Gasteiger partial charge in [0, 0.05) is 6.42 Å². The summed E-state index contributed by atoms with van der Waals surface area (Å²) < 4.78 is 14.2. The molecule has 4 atom stereocenters. The second kappa shape index (κ2) is 13.4. The third-order valence-corrected chi connectivity index (χ3v) is 7.74. The van der Waals surface area contributed by atoms with Crippen LogP contribution >= 0.6 is 0 Å². The fraction of sp³-hybridized carbons (Fsp3) is 0.667. The molecule has 186 valence electrons. The number of rotatable bonds is 12. The highest BCUT2D eigenvalue weighted by Crippen LogP contribution is 2.38. The van der Waals surface area contributed by atoms with Crippen LogP contribution in [0.3, 0.4) is 0 Å². The molecule has 0 aromatic carbocycles. The summed E-state index contributed by atoms with van der Waals surface area (Å²) in [6.07, 6.45) is 19.0. The lowest BCUT2D eigenvalue weighted by atomic mass is 9.85. The van der Waals surface area contributed by atoms with Gasteiger partial charge in [0.15, 0.2) is 0 Å². The lowest BCUT2D eigenvalue weighted by Gasteiger charge is -2.25. The van der Waals surface area contributed by atoms with E-state index in [1.54, 1.807) is 0 Å². The maximum Gasteiger partial charge on any atom is 0.127 e. The zero-order valence-electron chi connectivity index (χ0n) is 21.5. The van der Waals surface area contributed by atoms with Crippen molar-refractivity contribution in [1.29, 1.82) is 0 Å². The molecule has 2 aliphatic rings. The highest BCUT2D eigenvalue weighted by atomic mass is 19.1. The Bertz CT molecular complexity index is 753. The lowest BCUT2D eigenvalue weighted by molar-refractivity contribution is 0.0824. The van der Waals surface area contributed by atoms with Crippen molar-refractivity contribution in [3.05, 3.63) is 59.3 Å². The Morgan fingerprint density at radius 3 is 2.64 bits per heavy atom. The Morgan fingerprint density at radius 2 is 1.97 bits per heavy atom. The Morgan fingerprint density at radius 1 is 1.24 bits per heavy atom. The van der Waals surface area contributed by atoms with E-state index in [0.717, 1.165) is 44.1 Å². The largest absolute Gasteiger partial charge is 0.393 e. The molecule has 0 aromatic heterocycles. The molecule has 1 saturated carbocycles. The van der Waals surface area contributed by atoms with Gasteiger partial charge < -0.3 is 10.2 Å². The molecule has 2 nitrogen and oxygen atoms in total. The molecule has 1 fully saturated rings. The van der Waals surface area contributed by atoms with Gasteiger partial charge in [0.05, 0.1) is 11.7 Å². The molecule has 33 heavy (non-hydrogen) atoms. The number of alkyl halides is 1. The molecule has 0 saturated heterocycles. The number of hydrogen-bond donors (Lipinski definition) is 2. The van der Waals surface area contributed by atoms with Gasteiger partial charge in [-0.1, -0.05) is 88.6 Å². The Balaban J connectivity index is 2.06. The van der Waals surface area contributed by atoms with E-state index < -0.39 is 17.9 Å². The minimum atomic E-state index is -1.14. The summed E-state index contributed by atoms with van der Waals surface area (Å²) in [6.45, 7) is 12.5. The van der Waals surface area contributed by atoms with Crippen molar-refractivity contribution in [1.82, 2.24) is 0 Å². The molecule has 1 unspecified atom stereocenters. The van der Waals surface area contributed by atoms with E-state index >= 15 is 0 Å². The molecule has 0 aromatic rings. The van der Waals surface area contributed by atoms with Crippen LogP contribution in [0.2, 0.25) is 0 Å². The fourth-order valence-corrected chi connectivity index (χ4v) is 4.99. The summed E-state index contributed by atoms with van der Waals surface area (Å²) in [5.74, 6) is 0.978. The van der Waals surface area contributed by atoms with Crippen molar-refractivity contribution in [3.8, 4) is 0 Å².